The molecule has 0 spiro atoms. The van der Waals surface area contributed by atoms with Gasteiger partial charge in [0.2, 0.25) is 0 Å². The fraction of sp³-hybridized carbons (Fsp3) is 0.462. The van der Waals surface area contributed by atoms with Crippen LogP contribution in [0.3, 0.4) is 0 Å². The van der Waals surface area contributed by atoms with E-state index in [0.717, 1.165) is 13.1 Å². The van der Waals surface area contributed by atoms with Gasteiger partial charge in [0, 0.05) is 18.5 Å². The zero-order valence-electron chi connectivity index (χ0n) is 10.1. The third-order valence-corrected chi connectivity index (χ3v) is 3.18. The Balaban J connectivity index is 1.90. The average Bonchev–Trinajstić information content (AvgIpc) is 2.76. The molecule has 1 heterocycles. The maximum absolute atomic E-state index is 13.3. The lowest BCUT2D eigenvalue weighted by atomic mass is 10.2. The molecule has 0 bridgehead atoms. The zero-order chi connectivity index (χ0) is 12.3. The van der Waals surface area contributed by atoms with Crippen molar-refractivity contribution < 1.29 is 14.1 Å². The molecule has 0 radical (unpaired) electrons. The Labute approximate surface area is 101 Å². The number of aryl methyl sites for hydroxylation is 1. The first kappa shape index (κ1) is 12.0. The van der Waals surface area contributed by atoms with E-state index in [1.807, 2.05) is 0 Å². The molecule has 92 valence electrons. The Hall–Kier alpha value is -1.42. The maximum atomic E-state index is 13.3. The fourth-order valence-corrected chi connectivity index (χ4v) is 2.15. The molecule has 1 aliphatic heterocycles. The number of halogens is 1. The van der Waals surface area contributed by atoms with Crippen LogP contribution in [0.15, 0.2) is 18.2 Å². The van der Waals surface area contributed by atoms with Gasteiger partial charge in [-0.2, -0.15) is 0 Å². The van der Waals surface area contributed by atoms with Crippen LogP contribution in [-0.4, -0.2) is 25.5 Å². The van der Waals surface area contributed by atoms with Crippen LogP contribution in [0.25, 0.3) is 0 Å². The van der Waals surface area contributed by atoms with Gasteiger partial charge in [0.05, 0.1) is 13.1 Å². The highest BCUT2D eigenvalue weighted by molar-refractivity contribution is 5.91. The number of nitrogens with one attached hydrogen (secondary N) is 2. The molecule has 0 aromatic heterocycles. The van der Waals surface area contributed by atoms with Crippen LogP contribution < -0.4 is 10.2 Å². The molecule has 2 N–H and O–H groups in total. The first-order valence-electron chi connectivity index (χ1n) is 6.05. The van der Waals surface area contributed by atoms with Crippen molar-refractivity contribution in [2.45, 2.75) is 19.8 Å². The molecule has 0 aliphatic carbocycles. The molecule has 4 heteroatoms. The number of amides is 1. The van der Waals surface area contributed by atoms with E-state index < -0.39 is 0 Å². The zero-order valence-corrected chi connectivity index (χ0v) is 10.1. The van der Waals surface area contributed by atoms with E-state index in [9.17, 15) is 9.18 Å². The summed E-state index contributed by atoms with van der Waals surface area (Å²) >= 11 is 0. The number of likely N-dealkylation sites (tertiary alicyclic amines) is 1. The van der Waals surface area contributed by atoms with E-state index in [0.29, 0.717) is 17.8 Å². The molecule has 1 fully saturated rings. The summed E-state index contributed by atoms with van der Waals surface area (Å²) in [6, 6.07) is 4.77. The molecule has 1 amide bonds. The van der Waals surface area contributed by atoms with Gasteiger partial charge >= 0.3 is 0 Å². The molecule has 2 rings (SSSR count). The second-order valence-corrected chi connectivity index (χ2v) is 4.65. The second-order valence-electron chi connectivity index (χ2n) is 4.65. The molecule has 1 aromatic rings. The lowest BCUT2D eigenvalue weighted by Gasteiger charge is -2.12. The van der Waals surface area contributed by atoms with Crippen molar-refractivity contribution >= 4 is 11.6 Å². The third kappa shape index (κ3) is 3.27. The van der Waals surface area contributed by atoms with Crippen molar-refractivity contribution in [3.05, 3.63) is 29.6 Å². The Bertz CT molecular complexity index is 414. The standard InChI is InChI=1S/C13H17FN2O/c1-10-4-5-11(8-12(10)14)15-13(17)9-16-6-2-3-7-16/h4-5,8H,2-3,6-7,9H2,1H3,(H,15,17)/p+1. The van der Waals surface area contributed by atoms with E-state index in [2.05, 4.69) is 5.32 Å². The predicted octanol–water partition coefficient (Wildman–Crippen LogP) is 0.751. The van der Waals surface area contributed by atoms with Gasteiger partial charge < -0.3 is 10.2 Å². The van der Waals surface area contributed by atoms with Crippen molar-refractivity contribution in [2.75, 3.05) is 25.0 Å². The summed E-state index contributed by atoms with van der Waals surface area (Å²) in [6.45, 7) is 4.32. The summed E-state index contributed by atoms with van der Waals surface area (Å²) in [4.78, 5) is 13.0. The second kappa shape index (κ2) is 5.27. The molecule has 0 unspecified atom stereocenters. The molecule has 3 nitrogen and oxygen atoms in total. The van der Waals surface area contributed by atoms with Crippen molar-refractivity contribution in [1.82, 2.24) is 0 Å². The quantitative estimate of drug-likeness (QED) is 0.799. The number of hydrogen-bond donors (Lipinski definition) is 2. The van der Waals surface area contributed by atoms with Crippen LogP contribution >= 0.6 is 0 Å². The van der Waals surface area contributed by atoms with Crippen molar-refractivity contribution in [3.63, 3.8) is 0 Å². The number of carbonyl (C=O) groups excluding carboxylic acids is 1. The molecule has 0 saturated carbocycles. The SMILES string of the molecule is Cc1ccc(NC(=O)C[NH+]2CCCC2)cc1F. The molecular weight excluding hydrogens is 219 g/mol. The number of rotatable bonds is 3. The molecule has 1 aliphatic rings. The van der Waals surface area contributed by atoms with Gasteiger partial charge in [0.15, 0.2) is 6.54 Å². The topological polar surface area (TPSA) is 33.5 Å². The van der Waals surface area contributed by atoms with E-state index in [1.54, 1.807) is 19.1 Å². The summed E-state index contributed by atoms with van der Waals surface area (Å²) in [7, 11) is 0. The van der Waals surface area contributed by atoms with E-state index in [-0.39, 0.29) is 11.7 Å². The van der Waals surface area contributed by atoms with Gasteiger partial charge in [0.25, 0.3) is 5.91 Å². The van der Waals surface area contributed by atoms with Crippen LogP contribution in [0.2, 0.25) is 0 Å². The lowest BCUT2D eigenvalue weighted by molar-refractivity contribution is -0.878. The smallest absolute Gasteiger partial charge is 0.279 e. The van der Waals surface area contributed by atoms with Crippen molar-refractivity contribution in [1.29, 1.82) is 0 Å². The average molecular weight is 237 g/mol. The van der Waals surface area contributed by atoms with Crippen molar-refractivity contribution in [2.24, 2.45) is 0 Å². The molecule has 0 atom stereocenters. The first-order chi connectivity index (χ1) is 8.15. The van der Waals surface area contributed by atoms with Gasteiger partial charge in [-0.3, -0.25) is 4.79 Å². The summed E-state index contributed by atoms with van der Waals surface area (Å²) in [5, 5.41) is 2.74. The molecule has 17 heavy (non-hydrogen) atoms. The highest BCUT2D eigenvalue weighted by Gasteiger charge is 2.18. The first-order valence-corrected chi connectivity index (χ1v) is 6.05. The van der Waals surface area contributed by atoms with Crippen LogP contribution in [-0.2, 0) is 4.79 Å². The Kier molecular flexibility index (Phi) is 3.74. The van der Waals surface area contributed by atoms with Gasteiger partial charge in [0.1, 0.15) is 5.82 Å². The molecule has 1 aromatic carbocycles. The number of benzene rings is 1. The summed E-state index contributed by atoms with van der Waals surface area (Å²) < 4.78 is 13.3. The van der Waals surface area contributed by atoms with E-state index in [4.69, 9.17) is 0 Å². The highest BCUT2D eigenvalue weighted by Crippen LogP contribution is 2.13. The Morgan fingerprint density at radius 3 is 2.76 bits per heavy atom. The minimum atomic E-state index is -0.281. The Morgan fingerprint density at radius 2 is 2.12 bits per heavy atom. The van der Waals surface area contributed by atoms with Crippen LogP contribution in [0, 0.1) is 12.7 Å². The Morgan fingerprint density at radius 1 is 1.41 bits per heavy atom. The number of anilines is 1. The van der Waals surface area contributed by atoms with Crippen LogP contribution in [0.5, 0.6) is 0 Å². The highest BCUT2D eigenvalue weighted by atomic mass is 19.1. The minimum Gasteiger partial charge on any atom is -0.327 e. The van der Waals surface area contributed by atoms with Crippen LogP contribution in [0.4, 0.5) is 10.1 Å². The normalized spacial score (nSPS) is 16.1. The minimum absolute atomic E-state index is 0.0369. The van der Waals surface area contributed by atoms with E-state index in [1.165, 1.54) is 23.8 Å². The molecule has 1 saturated heterocycles. The monoisotopic (exact) mass is 237 g/mol. The van der Waals surface area contributed by atoms with Crippen LogP contribution in [0.1, 0.15) is 18.4 Å². The van der Waals surface area contributed by atoms with Gasteiger partial charge in [-0.1, -0.05) is 6.07 Å². The number of carbonyl (C=O) groups is 1. The van der Waals surface area contributed by atoms with Gasteiger partial charge in [-0.25, -0.2) is 4.39 Å². The summed E-state index contributed by atoms with van der Waals surface area (Å²) in [5.74, 6) is -0.318. The summed E-state index contributed by atoms with van der Waals surface area (Å²) in [6.07, 6.45) is 2.39. The molecular formula is C13H18FN2O+. The number of quaternary nitrogens is 1. The van der Waals surface area contributed by atoms with E-state index >= 15 is 0 Å². The fourth-order valence-electron chi connectivity index (χ4n) is 2.15. The third-order valence-electron chi connectivity index (χ3n) is 3.18. The number of hydrogen-bond acceptors (Lipinski definition) is 1. The summed E-state index contributed by atoms with van der Waals surface area (Å²) in [5.41, 5.74) is 1.13. The van der Waals surface area contributed by atoms with Gasteiger partial charge in [-0.15, -0.1) is 0 Å². The van der Waals surface area contributed by atoms with Crippen molar-refractivity contribution in [3.8, 4) is 0 Å². The lowest BCUT2D eigenvalue weighted by Crippen LogP contribution is -3.11. The maximum Gasteiger partial charge on any atom is 0.279 e. The predicted molar refractivity (Wildman–Crippen MR) is 64.6 cm³/mol. The largest absolute Gasteiger partial charge is 0.327 e. The van der Waals surface area contributed by atoms with Gasteiger partial charge in [-0.05, 0) is 24.6 Å².